The van der Waals surface area contributed by atoms with E-state index in [4.69, 9.17) is 4.98 Å². The SMILES string of the molecule is CN1CCN(C(=O)Cn2cc(Nc3nc4c(C5=CC6CCC(C5)N6C(=O)CCC(F)(F)F)cccn4n3)cn2)CC1. The third-order valence-electron chi connectivity index (χ3n) is 8.06. The van der Waals surface area contributed by atoms with Crippen molar-refractivity contribution in [2.75, 3.05) is 38.5 Å². The lowest BCUT2D eigenvalue weighted by molar-refractivity contribution is -0.150. The maximum atomic E-state index is 12.7. The number of hydrogen-bond donors (Lipinski definition) is 1. The van der Waals surface area contributed by atoms with Gasteiger partial charge in [-0.15, -0.1) is 5.10 Å². The van der Waals surface area contributed by atoms with Crippen LogP contribution in [0.3, 0.4) is 0 Å². The Labute approximate surface area is 234 Å². The fourth-order valence-electron chi connectivity index (χ4n) is 5.94. The molecule has 41 heavy (non-hydrogen) atoms. The molecular weight excluding hydrogens is 539 g/mol. The molecule has 3 aliphatic heterocycles. The number of alkyl halides is 3. The van der Waals surface area contributed by atoms with E-state index < -0.39 is 24.9 Å². The lowest BCUT2D eigenvalue weighted by atomic mass is 9.95. The van der Waals surface area contributed by atoms with Crippen LogP contribution in [0.1, 0.15) is 37.7 Å². The number of carbonyl (C=O) groups excluding carboxylic acids is 2. The molecule has 0 spiro atoms. The second-order valence-electron chi connectivity index (χ2n) is 11.0. The van der Waals surface area contributed by atoms with Crippen LogP contribution in [0.4, 0.5) is 24.8 Å². The molecule has 6 rings (SSSR count). The molecule has 11 nitrogen and oxygen atoms in total. The fraction of sp³-hybridized carbons (Fsp3) is 0.519. The Morgan fingerprint density at radius 2 is 1.93 bits per heavy atom. The van der Waals surface area contributed by atoms with Gasteiger partial charge in [0.15, 0.2) is 5.65 Å². The fourth-order valence-corrected chi connectivity index (χ4v) is 5.94. The van der Waals surface area contributed by atoms with Crippen molar-refractivity contribution in [3.63, 3.8) is 0 Å². The average Bonchev–Trinajstić information content (AvgIpc) is 3.62. The van der Waals surface area contributed by atoms with Crippen molar-refractivity contribution in [1.82, 2.24) is 39.1 Å². The second-order valence-corrected chi connectivity index (χ2v) is 11.0. The summed E-state index contributed by atoms with van der Waals surface area (Å²) < 4.78 is 41.3. The molecule has 1 N–H and O–H groups in total. The van der Waals surface area contributed by atoms with Gasteiger partial charge in [0.25, 0.3) is 0 Å². The van der Waals surface area contributed by atoms with Gasteiger partial charge in [-0.25, -0.2) is 4.52 Å². The first-order valence-corrected chi connectivity index (χ1v) is 13.8. The van der Waals surface area contributed by atoms with Crippen LogP contribution < -0.4 is 5.32 Å². The molecule has 2 bridgehead atoms. The standard InChI is InChI=1S/C27H32F3N9O2/c1-35-9-11-36(12-10-35)24(41)17-37-16-19(15-31-37)32-26-33-25-22(3-2-8-38(25)34-26)18-13-20-4-5-21(14-18)39(20)23(40)6-7-27(28,29)30/h2-3,8,13,15-16,20-21H,4-7,9-12,14,17H2,1H3,(H,32,34). The monoisotopic (exact) mass is 571 g/mol. The van der Waals surface area contributed by atoms with E-state index in [1.54, 1.807) is 32.7 Å². The number of fused-ring (bicyclic) bond motifs is 3. The van der Waals surface area contributed by atoms with Gasteiger partial charge in [-0.3, -0.25) is 14.3 Å². The van der Waals surface area contributed by atoms with Crippen LogP contribution in [0.5, 0.6) is 0 Å². The molecule has 2 saturated heterocycles. The Balaban J connectivity index is 1.14. The Bertz CT molecular complexity index is 1470. The molecular formula is C27H32F3N9O2. The number of nitrogens with zero attached hydrogens (tertiary/aromatic N) is 8. The number of anilines is 2. The summed E-state index contributed by atoms with van der Waals surface area (Å²) in [5.74, 6) is -0.0487. The van der Waals surface area contributed by atoms with Gasteiger partial charge in [0, 0.05) is 56.6 Å². The number of carbonyl (C=O) groups is 2. The number of rotatable bonds is 7. The lowest BCUT2D eigenvalue weighted by Gasteiger charge is -2.34. The van der Waals surface area contributed by atoms with Crippen molar-refractivity contribution >= 4 is 34.7 Å². The molecule has 0 saturated carbocycles. The van der Waals surface area contributed by atoms with Gasteiger partial charge in [0.05, 0.1) is 24.3 Å². The Morgan fingerprint density at radius 3 is 2.68 bits per heavy atom. The summed E-state index contributed by atoms with van der Waals surface area (Å²) in [4.78, 5) is 35.7. The summed E-state index contributed by atoms with van der Waals surface area (Å²) in [6, 6.07) is 3.47. The largest absolute Gasteiger partial charge is 0.389 e. The maximum absolute atomic E-state index is 12.7. The summed E-state index contributed by atoms with van der Waals surface area (Å²) in [6.07, 6.45) is 3.23. The summed E-state index contributed by atoms with van der Waals surface area (Å²) in [6.45, 7) is 3.28. The predicted octanol–water partition coefficient (Wildman–Crippen LogP) is 2.93. The zero-order valence-corrected chi connectivity index (χ0v) is 22.7. The smallest absolute Gasteiger partial charge is 0.339 e. The minimum Gasteiger partial charge on any atom is -0.339 e. The summed E-state index contributed by atoms with van der Waals surface area (Å²) in [7, 11) is 2.04. The van der Waals surface area contributed by atoms with Crippen LogP contribution in [-0.2, 0) is 16.1 Å². The van der Waals surface area contributed by atoms with Crippen LogP contribution in [-0.4, -0.2) is 102 Å². The number of nitrogens with one attached hydrogen (secondary N) is 1. The number of piperazine rings is 1. The molecule has 2 fully saturated rings. The van der Waals surface area contributed by atoms with E-state index in [0.717, 1.165) is 37.1 Å². The molecule has 14 heteroatoms. The molecule has 3 aliphatic rings. The molecule has 0 aliphatic carbocycles. The predicted molar refractivity (Wildman–Crippen MR) is 144 cm³/mol. The molecule has 6 heterocycles. The third-order valence-corrected chi connectivity index (χ3v) is 8.06. The molecule has 2 atom stereocenters. The van der Waals surface area contributed by atoms with Crippen molar-refractivity contribution in [2.24, 2.45) is 0 Å². The van der Waals surface area contributed by atoms with Gasteiger partial charge in [0.2, 0.25) is 17.8 Å². The highest BCUT2D eigenvalue weighted by atomic mass is 19.4. The zero-order chi connectivity index (χ0) is 28.7. The number of amides is 2. The van der Waals surface area contributed by atoms with Crippen LogP contribution in [0.25, 0.3) is 11.2 Å². The van der Waals surface area contributed by atoms with E-state index in [1.165, 1.54) is 0 Å². The van der Waals surface area contributed by atoms with E-state index in [1.807, 2.05) is 30.2 Å². The van der Waals surface area contributed by atoms with Crippen molar-refractivity contribution in [3.05, 3.63) is 42.4 Å². The molecule has 3 aromatic heterocycles. The van der Waals surface area contributed by atoms with Crippen molar-refractivity contribution in [1.29, 1.82) is 0 Å². The molecule has 218 valence electrons. The van der Waals surface area contributed by atoms with Crippen LogP contribution >= 0.6 is 0 Å². The van der Waals surface area contributed by atoms with Gasteiger partial charge >= 0.3 is 6.18 Å². The van der Waals surface area contributed by atoms with E-state index >= 15 is 0 Å². The molecule has 3 aromatic rings. The number of likely N-dealkylation sites (N-methyl/N-ethyl adjacent to an activating group) is 1. The second kappa shape index (κ2) is 10.8. The highest BCUT2D eigenvalue weighted by Gasteiger charge is 2.41. The minimum atomic E-state index is -4.35. The highest BCUT2D eigenvalue weighted by molar-refractivity contribution is 5.83. The van der Waals surface area contributed by atoms with Crippen LogP contribution in [0.15, 0.2) is 36.8 Å². The maximum Gasteiger partial charge on any atom is 0.389 e. The zero-order valence-electron chi connectivity index (χ0n) is 22.7. The van der Waals surface area contributed by atoms with Gasteiger partial charge in [0.1, 0.15) is 6.54 Å². The van der Waals surface area contributed by atoms with Gasteiger partial charge in [-0.2, -0.15) is 23.3 Å². The number of hydrogen-bond acceptors (Lipinski definition) is 7. The lowest BCUT2D eigenvalue weighted by Crippen LogP contribution is -2.48. The Hall–Kier alpha value is -3.94. The van der Waals surface area contributed by atoms with Crippen molar-refractivity contribution in [2.45, 2.75) is 56.9 Å². The molecule has 0 radical (unpaired) electrons. The first-order chi connectivity index (χ1) is 19.6. The summed E-state index contributed by atoms with van der Waals surface area (Å²) in [5.41, 5.74) is 3.17. The minimum absolute atomic E-state index is 0.0265. The van der Waals surface area contributed by atoms with E-state index in [2.05, 4.69) is 20.4 Å². The van der Waals surface area contributed by atoms with Crippen LogP contribution in [0, 0.1) is 0 Å². The average molecular weight is 572 g/mol. The summed E-state index contributed by atoms with van der Waals surface area (Å²) >= 11 is 0. The van der Waals surface area contributed by atoms with Gasteiger partial charge in [-0.1, -0.05) is 6.08 Å². The molecule has 0 aromatic carbocycles. The Morgan fingerprint density at radius 1 is 1.12 bits per heavy atom. The van der Waals surface area contributed by atoms with E-state index in [-0.39, 0.29) is 24.5 Å². The first kappa shape index (κ1) is 27.2. The molecule has 2 unspecified atom stereocenters. The topological polar surface area (TPSA) is 104 Å². The quantitative estimate of drug-likeness (QED) is 0.465. The number of pyridine rings is 1. The normalized spacial score (nSPS) is 21.4. The molecule has 2 amide bonds. The van der Waals surface area contributed by atoms with Crippen LogP contribution in [0.2, 0.25) is 0 Å². The van der Waals surface area contributed by atoms with Crippen molar-refractivity contribution in [3.8, 4) is 0 Å². The first-order valence-electron chi connectivity index (χ1n) is 13.8. The van der Waals surface area contributed by atoms with Crippen molar-refractivity contribution < 1.29 is 22.8 Å². The third kappa shape index (κ3) is 5.92. The summed E-state index contributed by atoms with van der Waals surface area (Å²) in [5, 5.41) is 12.0. The Kier molecular flexibility index (Phi) is 7.18. The highest BCUT2D eigenvalue weighted by Crippen LogP contribution is 2.40. The number of aromatic nitrogens is 5. The van der Waals surface area contributed by atoms with E-state index in [0.29, 0.717) is 36.8 Å². The van der Waals surface area contributed by atoms with Gasteiger partial charge < -0.3 is 20.0 Å². The number of halogens is 3. The van der Waals surface area contributed by atoms with Gasteiger partial charge in [-0.05, 0) is 44.0 Å². The van der Waals surface area contributed by atoms with E-state index in [9.17, 15) is 22.8 Å².